The van der Waals surface area contributed by atoms with Crippen LogP contribution in [0.1, 0.15) is 10.4 Å². The van der Waals surface area contributed by atoms with Crippen LogP contribution < -0.4 is 20.3 Å². The number of benzene rings is 3. The van der Waals surface area contributed by atoms with Crippen LogP contribution in [-0.4, -0.2) is 87.7 Å². The van der Waals surface area contributed by atoms with Crippen molar-refractivity contribution in [1.29, 1.82) is 0 Å². The first-order valence-electron chi connectivity index (χ1n) is 13.3. The Hall–Kier alpha value is -4.64. The Labute approximate surface area is 238 Å². The Morgan fingerprint density at radius 2 is 1.56 bits per heavy atom. The Kier molecular flexibility index (Phi) is 10.1. The minimum Gasteiger partial charge on any atom is -0.497 e. The van der Waals surface area contributed by atoms with E-state index in [0.717, 1.165) is 5.69 Å². The summed E-state index contributed by atoms with van der Waals surface area (Å²) in [6, 6.07) is 19.9. The average Bonchev–Trinajstić information content (AvgIpc) is 3.00. The number of halogens is 1. The second-order valence-corrected chi connectivity index (χ2v) is 9.43. The van der Waals surface area contributed by atoms with E-state index in [4.69, 9.17) is 9.47 Å². The Balaban J connectivity index is 1.28. The third kappa shape index (κ3) is 7.95. The number of nitrogens with one attached hydrogen (secondary N) is 2. The van der Waals surface area contributed by atoms with Gasteiger partial charge in [0.05, 0.1) is 19.4 Å². The van der Waals surface area contributed by atoms with E-state index in [2.05, 4.69) is 15.5 Å². The van der Waals surface area contributed by atoms with E-state index in [1.54, 1.807) is 60.5 Å². The second-order valence-electron chi connectivity index (χ2n) is 9.43. The van der Waals surface area contributed by atoms with Crippen molar-refractivity contribution < 1.29 is 28.2 Å². The third-order valence-corrected chi connectivity index (χ3v) is 6.72. The molecule has 0 saturated carbocycles. The van der Waals surface area contributed by atoms with Crippen molar-refractivity contribution >= 4 is 34.9 Å². The molecule has 10 nitrogen and oxygen atoms in total. The van der Waals surface area contributed by atoms with Crippen LogP contribution >= 0.6 is 0 Å². The minimum absolute atomic E-state index is 0.132. The summed E-state index contributed by atoms with van der Waals surface area (Å²) >= 11 is 0. The molecule has 3 aromatic rings. The molecule has 41 heavy (non-hydrogen) atoms. The molecule has 1 saturated heterocycles. The summed E-state index contributed by atoms with van der Waals surface area (Å²) in [5, 5.41) is 5.47. The van der Waals surface area contributed by atoms with Crippen molar-refractivity contribution in [2.45, 2.75) is 0 Å². The first-order valence-corrected chi connectivity index (χ1v) is 13.3. The fourth-order valence-electron chi connectivity index (χ4n) is 4.42. The number of ether oxygens (including phenoxy) is 2. The molecule has 0 bridgehead atoms. The molecule has 4 amide bonds. The van der Waals surface area contributed by atoms with Crippen molar-refractivity contribution in [3.63, 3.8) is 0 Å². The Bertz CT molecular complexity index is 1330. The van der Waals surface area contributed by atoms with Crippen LogP contribution in [0, 0.1) is 5.82 Å². The highest BCUT2D eigenvalue weighted by Gasteiger charge is 2.23. The molecule has 0 radical (unpaired) electrons. The second kappa shape index (κ2) is 14.1. The molecule has 1 heterocycles. The lowest BCUT2D eigenvalue weighted by atomic mass is 10.2. The molecular weight excluding hydrogens is 529 g/mol. The number of urea groups is 1. The van der Waals surface area contributed by atoms with Gasteiger partial charge in [0, 0.05) is 56.8 Å². The van der Waals surface area contributed by atoms with E-state index >= 15 is 0 Å². The highest BCUT2D eigenvalue weighted by Crippen LogP contribution is 2.21. The highest BCUT2D eigenvalue weighted by atomic mass is 19.1. The molecule has 216 valence electrons. The van der Waals surface area contributed by atoms with Crippen LogP contribution in [0.5, 0.6) is 5.75 Å². The highest BCUT2D eigenvalue weighted by molar-refractivity contribution is 5.99. The lowest BCUT2D eigenvalue weighted by molar-refractivity contribution is -0.117. The first-order chi connectivity index (χ1) is 19.9. The van der Waals surface area contributed by atoms with Crippen LogP contribution in [0.25, 0.3) is 0 Å². The topological polar surface area (TPSA) is 103 Å². The van der Waals surface area contributed by atoms with Gasteiger partial charge in [-0.15, -0.1) is 0 Å². The van der Waals surface area contributed by atoms with Gasteiger partial charge in [0.25, 0.3) is 5.91 Å². The molecule has 1 aliphatic heterocycles. The van der Waals surface area contributed by atoms with Gasteiger partial charge in [0.15, 0.2) is 0 Å². The lowest BCUT2D eigenvalue weighted by Gasteiger charge is -2.36. The summed E-state index contributed by atoms with van der Waals surface area (Å²) in [5.74, 6) is -0.446. The molecule has 11 heteroatoms. The molecule has 0 aromatic heterocycles. The number of carbonyl (C=O) groups excluding carboxylic acids is 3. The van der Waals surface area contributed by atoms with Crippen molar-refractivity contribution in [2.24, 2.45) is 0 Å². The Morgan fingerprint density at radius 1 is 0.878 bits per heavy atom. The zero-order valence-corrected chi connectivity index (χ0v) is 23.1. The van der Waals surface area contributed by atoms with Crippen molar-refractivity contribution in [2.75, 3.05) is 75.6 Å². The monoisotopic (exact) mass is 563 g/mol. The van der Waals surface area contributed by atoms with E-state index in [9.17, 15) is 18.8 Å². The summed E-state index contributed by atoms with van der Waals surface area (Å²) in [7, 11) is 3.09. The molecule has 0 atom stereocenters. The largest absolute Gasteiger partial charge is 0.497 e. The van der Waals surface area contributed by atoms with Crippen LogP contribution in [0.15, 0.2) is 72.8 Å². The zero-order valence-electron chi connectivity index (χ0n) is 23.1. The maximum Gasteiger partial charge on any atom is 0.322 e. The number of anilines is 3. The average molecular weight is 564 g/mol. The Morgan fingerprint density at radius 3 is 2.20 bits per heavy atom. The van der Waals surface area contributed by atoms with E-state index in [1.807, 2.05) is 12.1 Å². The van der Waals surface area contributed by atoms with E-state index < -0.39 is 5.82 Å². The van der Waals surface area contributed by atoms with Gasteiger partial charge >= 0.3 is 6.03 Å². The number of hydrogen-bond acceptors (Lipinski definition) is 6. The molecule has 2 N–H and O–H groups in total. The van der Waals surface area contributed by atoms with Crippen LogP contribution in [0.2, 0.25) is 0 Å². The lowest BCUT2D eigenvalue weighted by Crippen LogP contribution is -2.50. The fourth-order valence-corrected chi connectivity index (χ4v) is 4.42. The number of rotatable bonds is 10. The number of amides is 4. The van der Waals surface area contributed by atoms with Crippen molar-refractivity contribution in [1.82, 2.24) is 9.80 Å². The molecule has 0 spiro atoms. The maximum atomic E-state index is 13.9. The summed E-state index contributed by atoms with van der Waals surface area (Å²) in [4.78, 5) is 43.6. The molecule has 0 aliphatic carbocycles. The van der Waals surface area contributed by atoms with Crippen LogP contribution in [0.3, 0.4) is 0 Å². The number of carbonyl (C=O) groups is 3. The summed E-state index contributed by atoms with van der Waals surface area (Å²) in [5.41, 5.74) is 2.16. The maximum absolute atomic E-state index is 13.9. The number of hydrogen-bond donors (Lipinski definition) is 2. The predicted molar refractivity (Wildman–Crippen MR) is 155 cm³/mol. The summed E-state index contributed by atoms with van der Waals surface area (Å²) < 4.78 is 24.1. The quantitative estimate of drug-likeness (QED) is 0.388. The fraction of sp³-hybridized carbons (Fsp3) is 0.300. The van der Waals surface area contributed by atoms with Gasteiger partial charge in [0.1, 0.15) is 18.1 Å². The normalized spacial score (nSPS) is 13.0. The molecular formula is C30H34FN5O5. The molecule has 0 unspecified atom stereocenters. The van der Waals surface area contributed by atoms with E-state index in [-0.39, 0.29) is 36.6 Å². The van der Waals surface area contributed by atoms with Gasteiger partial charge in [-0.2, -0.15) is 0 Å². The van der Waals surface area contributed by atoms with Gasteiger partial charge in [0.2, 0.25) is 5.91 Å². The summed E-state index contributed by atoms with van der Waals surface area (Å²) in [6.07, 6.45) is 0. The van der Waals surface area contributed by atoms with E-state index in [1.165, 1.54) is 24.1 Å². The number of piperazine rings is 1. The van der Waals surface area contributed by atoms with E-state index in [0.29, 0.717) is 49.8 Å². The molecule has 1 fully saturated rings. The SMILES string of the molecule is COCCN(CC(=O)Nc1ccc(N2CCN(C(=O)Nc3ccccc3F)CC2)cc1)C(=O)c1ccc(OC)cc1. The number of methoxy groups -OCH3 is 2. The number of nitrogens with zero attached hydrogens (tertiary/aromatic N) is 3. The smallest absolute Gasteiger partial charge is 0.322 e. The van der Waals surface area contributed by atoms with Crippen molar-refractivity contribution in [3.05, 3.63) is 84.2 Å². The van der Waals surface area contributed by atoms with Gasteiger partial charge in [-0.05, 0) is 60.7 Å². The standard InChI is InChI=1S/C30H34FN5O5/c1-40-20-19-36(29(38)22-7-13-25(41-2)14-8-22)21-28(37)32-23-9-11-24(12-10-23)34-15-17-35(18-16-34)30(39)33-27-6-4-3-5-26(27)31/h3-14H,15-21H2,1-2H3,(H,32,37)(H,33,39). The molecule has 4 rings (SSSR count). The molecule has 1 aliphatic rings. The first kappa shape index (κ1) is 29.3. The predicted octanol–water partition coefficient (Wildman–Crippen LogP) is 3.92. The van der Waals surface area contributed by atoms with Gasteiger partial charge < -0.3 is 34.8 Å². The van der Waals surface area contributed by atoms with Gasteiger partial charge in [-0.3, -0.25) is 9.59 Å². The third-order valence-electron chi connectivity index (χ3n) is 6.72. The minimum atomic E-state index is -0.474. The van der Waals surface area contributed by atoms with Crippen LogP contribution in [-0.2, 0) is 9.53 Å². The van der Waals surface area contributed by atoms with Gasteiger partial charge in [-0.25, -0.2) is 9.18 Å². The molecule has 3 aromatic carbocycles. The van der Waals surface area contributed by atoms with Crippen LogP contribution in [0.4, 0.5) is 26.2 Å². The zero-order chi connectivity index (χ0) is 29.2. The van der Waals surface area contributed by atoms with Crippen molar-refractivity contribution in [3.8, 4) is 5.75 Å². The van der Waals surface area contributed by atoms with Gasteiger partial charge in [-0.1, -0.05) is 12.1 Å². The summed E-state index contributed by atoms with van der Waals surface area (Å²) in [6.45, 7) is 2.61. The number of para-hydroxylation sites is 1.